The van der Waals surface area contributed by atoms with Gasteiger partial charge in [0.1, 0.15) is 5.82 Å². The van der Waals surface area contributed by atoms with Crippen LogP contribution in [0.5, 0.6) is 0 Å². The highest BCUT2D eigenvalue weighted by molar-refractivity contribution is 5.93. The molecule has 0 spiro atoms. The van der Waals surface area contributed by atoms with Gasteiger partial charge in [-0.05, 0) is 37.1 Å². The molecule has 1 atom stereocenters. The van der Waals surface area contributed by atoms with Gasteiger partial charge in [0, 0.05) is 26.1 Å². The topological polar surface area (TPSA) is 78.6 Å². The van der Waals surface area contributed by atoms with E-state index in [4.69, 9.17) is 10.8 Å². The van der Waals surface area contributed by atoms with E-state index in [2.05, 4.69) is 10.2 Å². The van der Waals surface area contributed by atoms with Crippen molar-refractivity contribution in [2.45, 2.75) is 12.8 Å². The number of aliphatic hydroxyl groups excluding tert-OH is 1. The number of rotatable bonds is 5. The Bertz CT molecular complexity index is 481. The van der Waals surface area contributed by atoms with Crippen molar-refractivity contribution in [3.05, 3.63) is 24.0 Å². The van der Waals surface area contributed by atoms with Crippen molar-refractivity contribution in [2.24, 2.45) is 5.92 Å². The van der Waals surface area contributed by atoms with Crippen molar-refractivity contribution in [1.82, 2.24) is 4.90 Å². The number of anilines is 2. The van der Waals surface area contributed by atoms with E-state index in [1.165, 1.54) is 18.2 Å². The third-order valence-corrected chi connectivity index (χ3v) is 3.57. The number of carbonyl (C=O) groups excluding carboxylic acids is 1. The molecule has 0 aliphatic carbocycles. The largest absolute Gasteiger partial charge is 0.397 e. The zero-order chi connectivity index (χ0) is 14.5. The molecule has 5 nitrogen and oxygen atoms in total. The Hall–Kier alpha value is -1.66. The van der Waals surface area contributed by atoms with Crippen molar-refractivity contribution < 1.29 is 14.3 Å². The molecule has 1 aromatic rings. The number of benzene rings is 1. The van der Waals surface area contributed by atoms with Crippen LogP contribution in [0.4, 0.5) is 15.8 Å². The fourth-order valence-electron chi connectivity index (χ4n) is 2.38. The van der Waals surface area contributed by atoms with E-state index in [-0.39, 0.29) is 18.2 Å². The molecular formula is C14H20FN3O2. The van der Waals surface area contributed by atoms with Crippen molar-refractivity contribution in [3.63, 3.8) is 0 Å². The van der Waals surface area contributed by atoms with Gasteiger partial charge in [0.2, 0.25) is 5.91 Å². The molecule has 20 heavy (non-hydrogen) atoms. The molecule has 1 heterocycles. The fourth-order valence-corrected chi connectivity index (χ4v) is 2.38. The Morgan fingerprint density at radius 2 is 2.35 bits per heavy atom. The van der Waals surface area contributed by atoms with E-state index in [1.54, 1.807) is 0 Å². The minimum atomic E-state index is -0.424. The molecule has 1 unspecified atom stereocenters. The number of amides is 1. The predicted molar refractivity (Wildman–Crippen MR) is 75.7 cm³/mol. The van der Waals surface area contributed by atoms with Crippen LogP contribution in [0, 0.1) is 11.7 Å². The lowest BCUT2D eigenvalue weighted by molar-refractivity contribution is -0.116. The van der Waals surface area contributed by atoms with Crippen LogP contribution < -0.4 is 11.1 Å². The lowest BCUT2D eigenvalue weighted by Crippen LogP contribution is -2.26. The number of carbonyl (C=O) groups is 1. The first kappa shape index (κ1) is 14.7. The standard InChI is InChI=1S/C14H20FN3O2/c15-11-1-2-13(12(16)7-11)17-14(20)4-6-18-5-3-10(8-18)9-19/h1-2,7,10,19H,3-6,8-9,16H2,(H,17,20). The van der Waals surface area contributed by atoms with Crippen LogP contribution >= 0.6 is 0 Å². The highest BCUT2D eigenvalue weighted by atomic mass is 19.1. The van der Waals surface area contributed by atoms with Crippen LogP contribution in [0.1, 0.15) is 12.8 Å². The molecule has 1 fully saturated rings. The van der Waals surface area contributed by atoms with E-state index >= 15 is 0 Å². The highest BCUT2D eigenvalue weighted by Gasteiger charge is 2.21. The molecule has 1 aromatic carbocycles. The normalized spacial score (nSPS) is 19.2. The molecule has 4 N–H and O–H groups in total. The van der Waals surface area contributed by atoms with Gasteiger partial charge >= 0.3 is 0 Å². The first-order valence-electron chi connectivity index (χ1n) is 6.76. The van der Waals surface area contributed by atoms with E-state index < -0.39 is 5.82 Å². The SMILES string of the molecule is Nc1cc(F)ccc1NC(=O)CCN1CCC(CO)C1. The van der Waals surface area contributed by atoms with Gasteiger partial charge in [-0.1, -0.05) is 0 Å². The third-order valence-electron chi connectivity index (χ3n) is 3.57. The Labute approximate surface area is 117 Å². The fraction of sp³-hybridized carbons (Fsp3) is 0.500. The van der Waals surface area contributed by atoms with Gasteiger partial charge < -0.3 is 21.1 Å². The second kappa shape index (κ2) is 6.67. The van der Waals surface area contributed by atoms with Crippen molar-refractivity contribution >= 4 is 17.3 Å². The zero-order valence-corrected chi connectivity index (χ0v) is 11.3. The van der Waals surface area contributed by atoms with Gasteiger partial charge in [-0.2, -0.15) is 0 Å². The summed E-state index contributed by atoms with van der Waals surface area (Å²) in [5.74, 6) is -0.242. The van der Waals surface area contributed by atoms with Crippen LogP contribution in [-0.2, 0) is 4.79 Å². The van der Waals surface area contributed by atoms with Crippen LogP contribution in [0.25, 0.3) is 0 Å². The molecule has 0 radical (unpaired) electrons. The van der Waals surface area contributed by atoms with Gasteiger partial charge in [-0.3, -0.25) is 4.79 Å². The molecule has 1 saturated heterocycles. The number of aliphatic hydroxyl groups is 1. The van der Waals surface area contributed by atoms with Gasteiger partial charge in [0.15, 0.2) is 0 Å². The average Bonchev–Trinajstić information content (AvgIpc) is 2.88. The number of nitrogens with one attached hydrogen (secondary N) is 1. The van der Waals surface area contributed by atoms with Crippen molar-refractivity contribution in [3.8, 4) is 0 Å². The molecule has 110 valence electrons. The Kier molecular flexibility index (Phi) is 4.92. The first-order chi connectivity index (χ1) is 9.58. The molecule has 1 aliphatic rings. The summed E-state index contributed by atoms with van der Waals surface area (Å²) in [7, 11) is 0. The predicted octanol–water partition coefficient (Wildman–Crippen LogP) is 1.05. The zero-order valence-electron chi connectivity index (χ0n) is 11.3. The molecule has 0 saturated carbocycles. The molecule has 0 bridgehead atoms. The second-order valence-corrected chi connectivity index (χ2v) is 5.17. The van der Waals surface area contributed by atoms with Crippen molar-refractivity contribution in [2.75, 3.05) is 37.3 Å². The smallest absolute Gasteiger partial charge is 0.225 e. The number of nitrogens with zero attached hydrogens (tertiary/aromatic N) is 1. The minimum Gasteiger partial charge on any atom is -0.397 e. The van der Waals surface area contributed by atoms with Gasteiger partial charge in [-0.15, -0.1) is 0 Å². The van der Waals surface area contributed by atoms with Gasteiger partial charge in [0.25, 0.3) is 0 Å². The Morgan fingerprint density at radius 3 is 3.00 bits per heavy atom. The van der Waals surface area contributed by atoms with Crippen LogP contribution in [0.2, 0.25) is 0 Å². The summed E-state index contributed by atoms with van der Waals surface area (Å²) in [6, 6.07) is 3.90. The maximum absolute atomic E-state index is 12.9. The molecule has 1 aliphatic heterocycles. The number of nitrogen functional groups attached to an aromatic ring is 1. The number of nitrogens with two attached hydrogens (primary N) is 1. The highest BCUT2D eigenvalue weighted by Crippen LogP contribution is 2.19. The molecule has 1 amide bonds. The van der Waals surface area contributed by atoms with E-state index in [9.17, 15) is 9.18 Å². The third kappa shape index (κ3) is 3.91. The van der Waals surface area contributed by atoms with E-state index in [0.29, 0.717) is 24.6 Å². The van der Waals surface area contributed by atoms with E-state index in [1.807, 2.05) is 0 Å². The first-order valence-corrected chi connectivity index (χ1v) is 6.76. The lowest BCUT2D eigenvalue weighted by atomic mass is 10.1. The van der Waals surface area contributed by atoms with Crippen LogP contribution in [0.3, 0.4) is 0 Å². The summed E-state index contributed by atoms with van der Waals surface area (Å²) in [6.07, 6.45) is 1.33. The van der Waals surface area contributed by atoms with Gasteiger partial charge in [0.05, 0.1) is 11.4 Å². The van der Waals surface area contributed by atoms with Crippen molar-refractivity contribution in [1.29, 1.82) is 0 Å². The van der Waals surface area contributed by atoms with Crippen LogP contribution in [0.15, 0.2) is 18.2 Å². The summed E-state index contributed by atoms with van der Waals surface area (Å²) in [5, 5.41) is 11.7. The Balaban J connectivity index is 1.78. The number of hydrogen-bond donors (Lipinski definition) is 3. The second-order valence-electron chi connectivity index (χ2n) is 5.17. The van der Waals surface area contributed by atoms with Gasteiger partial charge in [-0.25, -0.2) is 4.39 Å². The summed E-state index contributed by atoms with van der Waals surface area (Å²) in [5.41, 5.74) is 6.29. The quantitative estimate of drug-likeness (QED) is 0.705. The molecule has 2 rings (SSSR count). The molecular weight excluding hydrogens is 261 g/mol. The monoisotopic (exact) mass is 281 g/mol. The summed E-state index contributed by atoms with van der Waals surface area (Å²) in [6.45, 7) is 2.61. The molecule has 6 heteroatoms. The summed E-state index contributed by atoms with van der Waals surface area (Å²) < 4.78 is 12.9. The maximum Gasteiger partial charge on any atom is 0.225 e. The maximum atomic E-state index is 12.9. The van der Waals surface area contributed by atoms with E-state index in [0.717, 1.165) is 19.5 Å². The summed E-state index contributed by atoms with van der Waals surface area (Å²) in [4.78, 5) is 14.0. The van der Waals surface area contributed by atoms with Crippen LogP contribution in [-0.4, -0.2) is 42.2 Å². The number of halogens is 1. The number of hydrogen-bond acceptors (Lipinski definition) is 4. The summed E-state index contributed by atoms with van der Waals surface area (Å²) >= 11 is 0. The minimum absolute atomic E-state index is 0.143. The lowest BCUT2D eigenvalue weighted by Gasteiger charge is -2.15. The number of likely N-dealkylation sites (tertiary alicyclic amines) is 1. The Morgan fingerprint density at radius 1 is 1.55 bits per heavy atom. The molecule has 0 aromatic heterocycles. The average molecular weight is 281 g/mol.